The quantitative estimate of drug-likeness (QED) is 0.732. The number of carboxylic acid groups (broad SMARTS) is 1. The number of rotatable bonds is 5. The zero-order chi connectivity index (χ0) is 13.7. The van der Waals surface area contributed by atoms with E-state index >= 15 is 0 Å². The van der Waals surface area contributed by atoms with Gasteiger partial charge in [0.2, 0.25) is 5.91 Å². The van der Waals surface area contributed by atoms with E-state index in [1.54, 1.807) is 12.1 Å². The van der Waals surface area contributed by atoms with Crippen molar-refractivity contribution in [1.29, 1.82) is 0 Å². The van der Waals surface area contributed by atoms with Crippen LogP contribution in [0.5, 0.6) is 0 Å². The number of hydrogen-bond donors (Lipinski definition) is 2. The number of nitrogens with zero attached hydrogens (tertiary/aromatic N) is 5. The Morgan fingerprint density at radius 3 is 2.79 bits per heavy atom. The highest BCUT2D eigenvalue weighted by Gasteiger charge is 2.06. The number of tetrazole rings is 1. The average Bonchev–Trinajstić information content (AvgIpc) is 2.83. The second-order valence-electron chi connectivity index (χ2n) is 3.66. The molecule has 0 bridgehead atoms. The number of carboxylic acids is 1. The molecule has 2 aromatic rings. The van der Waals surface area contributed by atoms with Crippen molar-refractivity contribution in [3.63, 3.8) is 0 Å². The minimum atomic E-state index is -0.956. The smallest absolute Gasteiger partial charge is 0.309 e. The third kappa shape index (κ3) is 3.84. The molecule has 19 heavy (non-hydrogen) atoms. The average molecular weight is 262 g/mol. The molecule has 2 aromatic heterocycles. The summed E-state index contributed by atoms with van der Waals surface area (Å²) >= 11 is 0. The normalized spacial score (nSPS) is 10.1. The van der Waals surface area contributed by atoms with Crippen molar-refractivity contribution in [2.24, 2.45) is 0 Å². The van der Waals surface area contributed by atoms with Gasteiger partial charge in [-0.15, -0.1) is 5.10 Å². The predicted molar refractivity (Wildman–Crippen MR) is 62.0 cm³/mol. The van der Waals surface area contributed by atoms with Crippen LogP contribution in [-0.2, 0) is 22.6 Å². The number of nitrogens with one attached hydrogen (secondary N) is 1. The van der Waals surface area contributed by atoms with Crippen molar-refractivity contribution in [2.75, 3.05) is 5.32 Å². The van der Waals surface area contributed by atoms with E-state index in [-0.39, 0.29) is 18.9 Å². The van der Waals surface area contributed by atoms with Crippen LogP contribution in [0, 0.1) is 0 Å². The van der Waals surface area contributed by atoms with Crippen LogP contribution in [0.15, 0.2) is 24.7 Å². The summed E-state index contributed by atoms with van der Waals surface area (Å²) in [5.74, 6) is -1.26. The number of anilines is 1. The lowest BCUT2D eigenvalue weighted by Gasteiger charge is -2.04. The van der Waals surface area contributed by atoms with Gasteiger partial charge in [-0.05, 0) is 22.6 Å². The van der Waals surface area contributed by atoms with Crippen LogP contribution in [0.4, 0.5) is 5.69 Å². The summed E-state index contributed by atoms with van der Waals surface area (Å²) < 4.78 is 1.28. The topological polar surface area (TPSA) is 123 Å². The fourth-order valence-corrected chi connectivity index (χ4v) is 1.36. The number of hydrogen-bond acceptors (Lipinski definition) is 6. The van der Waals surface area contributed by atoms with Crippen LogP contribution < -0.4 is 5.32 Å². The van der Waals surface area contributed by atoms with Crippen LogP contribution in [0.3, 0.4) is 0 Å². The lowest BCUT2D eigenvalue weighted by Crippen LogP contribution is -2.19. The van der Waals surface area contributed by atoms with Gasteiger partial charge in [0, 0.05) is 0 Å². The molecule has 0 aliphatic heterocycles. The molecule has 0 unspecified atom stereocenters. The molecule has 9 heteroatoms. The molecule has 0 saturated carbocycles. The third-order valence-electron chi connectivity index (χ3n) is 2.14. The zero-order valence-corrected chi connectivity index (χ0v) is 9.72. The Morgan fingerprint density at radius 2 is 2.21 bits per heavy atom. The van der Waals surface area contributed by atoms with Gasteiger partial charge in [0.15, 0.2) is 0 Å². The summed E-state index contributed by atoms with van der Waals surface area (Å²) in [6.45, 7) is -0.0100. The maximum Gasteiger partial charge on any atom is 0.309 e. The predicted octanol–water partition coefficient (Wildman–Crippen LogP) is -0.666. The standard InChI is InChI=1S/C10H10N6O3/c17-9(5-16-6-12-14-15-16)13-8-2-1-7(11-4-8)3-10(18)19/h1-2,4,6H,3,5H2,(H,13,17)(H,18,19). The van der Waals surface area contributed by atoms with E-state index < -0.39 is 5.97 Å². The van der Waals surface area contributed by atoms with Gasteiger partial charge in [-0.2, -0.15) is 0 Å². The highest BCUT2D eigenvalue weighted by atomic mass is 16.4. The Hall–Kier alpha value is -2.84. The Labute approximate surface area is 107 Å². The highest BCUT2D eigenvalue weighted by molar-refractivity contribution is 5.90. The van der Waals surface area contributed by atoms with Crippen molar-refractivity contribution in [1.82, 2.24) is 25.2 Å². The minimum Gasteiger partial charge on any atom is -0.481 e. The van der Waals surface area contributed by atoms with Gasteiger partial charge in [-0.1, -0.05) is 0 Å². The fourth-order valence-electron chi connectivity index (χ4n) is 1.36. The number of amides is 1. The summed E-state index contributed by atoms with van der Waals surface area (Å²) in [7, 11) is 0. The Balaban J connectivity index is 1.92. The second-order valence-corrected chi connectivity index (χ2v) is 3.66. The monoisotopic (exact) mass is 262 g/mol. The van der Waals surface area contributed by atoms with Crippen molar-refractivity contribution in [2.45, 2.75) is 13.0 Å². The Bertz CT molecular complexity index is 565. The number of pyridine rings is 1. The van der Waals surface area contributed by atoms with E-state index in [1.807, 2.05) is 0 Å². The molecular weight excluding hydrogens is 252 g/mol. The summed E-state index contributed by atoms with van der Waals surface area (Å²) in [6.07, 6.45) is 2.57. The van der Waals surface area contributed by atoms with Crippen molar-refractivity contribution >= 4 is 17.6 Å². The molecule has 0 radical (unpaired) electrons. The molecule has 1 amide bonds. The maximum atomic E-state index is 11.6. The molecule has 2 N–H and O–H groups in total. The molecular formula is C10H10N6O3. The summed E-state index contributed by atoms with van der Waals surface area (Å²) in [5.41, 5.74) is 0.901. The SMILES string of the molecule is O=C(O)Cc1ccc(NC(=O)Cn2cnnn2)cn1. The highest BCUT2D eigenvalue weighted by Crippen LogP contribution is 2.06. The van der Waals surface area contributed by atoms with Crippen LogP contribution in [0.2, 0.25) is 0 Å². The lowest BCUT2D eigenvalue weighted by molar-refractivity contribution is -0.136. The van der Waals surface area contributed by atoms with Crippen LogP contribution in [0.25, 0.3) is 0 Å². The van der Waals surface area contributed by atoms with Gasteiger partial charge < -0.3 is 10.4 Å². The number of carbonyl (C=O) groups excluding carboxylic acids is 1. The fraction of sp³-hybridized carbons (Fsp3) is 0.200. The van der Waals surface area contributed by atoms with E-state index in [0.717, 1.165) is 0 Å². The van der Waals surface area contributed by atoms with Crippen LogP contribution in [-0.4, -0.2) is 42.2 Å². The first-order valence-electron chi connectivity index (χ1n) is 5.31. The second kappa shape index (κ2) is 5.67. The summed E-state index contributed by atoms with van der Waals surface area (Å²) in [4.78, 5) is 26.0. The Morgan fingerprint density at radius 1 is 1.37 bits per heavy atom. The van der Waals surface area contributed by atoms with Gasteiger partial charge in [-0.3, -0.25) is 14.6 Å². The molecule has 0 saturated heterocycles. The number of carbonyl (C=O) groups is 2. The van der Waals surface area contributed by atoms with E-state index in [4.69, 9.17) is 5.11 Å². The molecule has 9 nitrogen and oxygen atoms in total. The van der Waals surface area contributed by atoms with Gasteiger partial charge >= 0.3 is 5.97 Å². The zero-order valence-electron chi connectivity index (χ0n) is 9.72. The first-order valence-corrected chi connectivity index (χ1v) is 5.31. The number of aromatic nitrogens is 5. The largest absolute Gasteiger partial charge is 0.481 e. The summed E-state index contributed by atoms with van der Waals surface area (Å²) in [5, 5.41) is 21.6. The van der Waals surface area contributed by atoms with E-state index in [1.165, 1.54) is 17.2 Å². The van der Waals surface area contributed by atoms with E-state index in [2.05, 4.69) is 25.8 Å². The van der Waals surface area contributed by atoms with E-state index in [9.17, 15) is 9.59 Å². The minimum absolute atomic E-state index is 0.0100. The van der Waals surface area contributed by atoms with Crippen molar-refractivity contribution in [3.05, 3.63) is 30.4 Å². The van der Waals surface area contributed by atoms with Crippen molar-refractivity contribution < 1.29 is 14.7 Å². The van der Waals surface area contributed by atoms with Crippen LogP contribution in [0.1, 0.15) is 5.69 Å². The van der Waals surface area contributed by atoms with Gasteiger partial charge in [0.05, 0.1) is 24.0 Å². The molecule has 0 aliphatic carbocycles. The van der Waals surface area contributed by atoms with Crippen LogP contribution >= 0.6 is 0 Å². The Kier molecular flexibility index (Phi) is 3.76. The molecule has 0 aliphatic rings. The van der Waals surface area contributed by atoms with Gasteiger partial charge in [-0.25, -0.2) is 4.68 Å². The third-order valence-corrected chi connectivity index (χ3v) is 2.14. The molecule has 0 spiro atoms. The maximum absolute atomic E-state index is 11.6. The molecule has 2 heterocycles. The van der Waals surface area contributed by atoms with E-state index in [0.29, 0.717) is 11.4 Å². The lowest BCUT2D eigenvalue weighted by atomic mass is 10.2. The first-order chi connectivity index (χ1) is 9.13. The molecule has 0 fully saturated rings. The molecule has 98 valence electrons. The molecule has 0 atom stereocenters. The molecule has 2 rings (SSSR count). The van der Waals surface area contributed by atoms with Crippen molar-refractivity contribution in [3.8, 4) is 0 Å². The molecule has 0 aromatic carbocycles. The first kappa shape index (κ1) is 12.6. The van der Waals surface area contributed by atoms with Gasteiger partial charge in [0.25, 0.3) is 0 Å². The number of aliphatic carboxylic acids is 1. The van der Waals surface area contributed by atoms with Gasteiger partial charge in [0.1, 0.15) is 12.9 Å². The summed E-state index contributed by atoms with van der Waals surface area (Å²) in [6, 6.07) is 3.13.